The van der Waals surface area contributed by atoms with E-state index < -0.39 is 5.41 Å². The van der Waals surface area contributed by atoms with Gasteiger partial charge in [0.2, 0.25) is 5.91 Å². The SMILES string of the molecule is Cc1cnc(N2CCN(C(=O)C3(CN)CCOCC3)CC2)s1. The smallest absolute Gasteiger partial charge is 0.230 e. The van der Waals surface area contributed by atoms with Crippen molar-refractivity contribution in [3.05, 3.63) is 11.1 Å². The van der Waals surface area contributed by atoms with E-state index in [1.165, 1.54) is 4.88 Å². The van der Waals surface area contributed by atoms with Crippen LogP contribution in [0.15, 0.2) is 6.20 Å². The van der Waals surface area contributed by atoms with Gasteiger partial charge in [0.15, 0.2) is 5.13 Å². The summed E-state index contributed by atoms with van der Waals surface area (Å²) >= 11 is 1.71. The first-order valence-corrected chi connectivity index (χ1v) is 8.71. The Labute approximate surface area is 135 Å². The topological polar surface area (TPSA) is 71.7 Å². The van der Waals surface area contributed by atoms with Crippen LogP contribution in [-0.4, -0.2) is 61.7 Å². The van der Waals surface area contributed by atoms with Crippen molar-refractivity contribution in [2.24, 2.45) is 11.1 Å². The number of hydrogen-bond acceptors (Lipinski definition) is 6. The number of nitrogens with zero attached hydrogens (tertiary/aromatic N) is 3. The van der Waals surface area contributed by atoms with Crippen LogP contribution in [-0.2, 0) is 9.53 Å². The molecule has 0 atom stereocenters. The summed E-state index contributed by atoms with van der Waals surface area (Å²) in [6.45, 7) is 6.95. The second kappa shape index (κ2) is 6.52. The number of carbonyl (C=O) groups is 1. The monoisotopic (exact) mass is 324 g/mol. The van der Waals surface area contributed by atoms with Gasteiger partial charge in [-0.3, -0.25) is 4.79 Å². The molecule has 3 heterocycles. The maximum atomic E-state index is 12.9. The minimum atomic E-state index is -0.405. The van der Waals surface area contributed by atoms with Gasteiger partial charge in [-0.05, 0) is 19.8 Å². The van der Waals surface area contributed by atoms with Crippen LogP contribution in [0, 0.1) is 12.3 Å². The highest BCUT2D eigenvalue weighted by Gasteiger charge is 2.42. The summed E-state index contributed by atoms with van der Waals surface area (Å²) in [6, 6.07) is 0. The first kappa shape index (κ1) is 15.7. The highest BCUT2D eigenvalue weighted by molar-refractivity contribution is 7.15. The summed E-state index contributed by atoms with van der Waals surface area (Å²) in [5.74, 6) is 0.216. The molecule has 0 bridgehead atoms. The van der Waals surface area contributed by atoms with E-state index in [1.807, 2.05) is 11.1 Å². The summed E-state index contributed by atoms with van der Waals surface area (Å²) in [7, 11) is 0. The van der Waals surface area contributed by atoms with Crippen LogP contribution < -0.4 is 10.6 Å². The third kappa shape index (κ3) is 2.98. The van der Waals surface area contributed by atoms with Gasteiger partial charge in [0.05, 0.1) is 5.41 Å². The molecule has 2 aliphatic rings. The molecule has 0 radical (unpaired) electrons. The second-order valence-corrected chi connectivity index (χ2v) is 7.34. The zero-order valence-corrected chi connectivity index (χ0v) is 13.9. The Morgan fingerprint density at radius 3 is 2.59 bits per heavy atom. The van der Waals surface area contributed by atoms with E-state index in [4.69, 9.17) is 10.5 Å². The highest BCUT2D eigenvalue weighted by Crippen LogP contribution is 2.32. The fourth-order valence-electron chi connectivity index (χ4n) is 3.19. The molecule has 0 saturated carbocycles. The largest absolute Gasteiger partial charge is 0.381 e. The van der Waals surface area contributed by atoms with Gasteiger partial charge in [-0.1, -0.05) is 0 Å². The van der Waals surface area contributed by atoms with Crippen molar-refractivity contribution >= 4 is 22.4 Å². The number of anilines is 1. The van der Waals surface area contributed by atoms with Crippen LogP contribution in [0.2, 0.25) is 0 Å². The lowest BCUT2D eigenvalue weighted by atomic mass is 9.78. The van der Waals surface area contributed by atoms with E-state index in [0.717, 1.165) is 44.2 Å². The number of piperazine rings is 1. The minimum absolute atomic E-state index is 0.216. The van der Waals surface area contributed by atoms with Gasteiger partial charge in [0, 0.05) is 57.0 Å². The van der Waals surface area contributed by atoms with E-state index in [1.54, 1.807) is 11.3 Å². The van der Waals surface area contributed by atoms with Gasteiger partial charge in [-0.25, -0.2) is 4.98 Å². The Morgan fingerprint density at radius 1 is 1.36 bits per heavy atom. The number of nitrogens with two attached hydrogens (primary N) is 1. The highest BCUT2D eigenvalue weighted by atomic mass is 32.1. The molecule has 7 heteroatoms. The van der Waals surface area contributed by atoms with Crippen molar-refractivity contribution in [1.29, 1.82) is 0 Å². The molecule has 122 valence electrons. The summed E-state index contributed by atoms with van der Waals surface area (Å²) < 4.78 is 5.40. The standard InChI is InChI=1S/C15H24N4O2S/c1-12-10-17-14(22-12)19-6-4-18(5-7-19)13(20)15(11-16)2-8-21-9-3-15/h10H,2-9,11,16H2,1H3. The number of ether oxygens (including phenoxy) is 1. The third-order valence-corrected chi connectivity index (χ3v) is 5.71. The fourth-order valence-corrected chi connectivity index (χ4v) is 4.00. The first-order valence-electron chi connectivity index (χ1n) is 7.89. The molecule has 22 heavy (non-hydrogen) atoms. The minimum Gasteiger partial charge on any atom is -0.381 e. The molecular weight excluding hydrogens is 300 g/mol. The van der Waals surface area contributed by atoms with Crippen molar-refractivity contribution in [3.8, 4) is 0 Å². The summed E-state index contributed by atoms with van der Waals surface area (Å²) in [5, 5.41) is 1.06. The van der Waals surface area contributed by atoms with Gasteiger partial charge < -0.3 is 20.3 Å². The molecule has 2 fully saturated rings. The average molecular weight is 324 g/mol. The lowest BCUT2D eigenvalue weighted by Crippen LogP contribution is -2.56. The third-order valence-electron chi connectivity index (χ3n) is 4.74. The van der Waals surface area contributed by atoms with Crippen LogP contribution in [0.25, 0.3) is 0 Å². The van der Waals surface area contributed by atoms with Crippen molar-refractivity contribution in [3.63, 3.8) is 0 Å². The van der Waals surface area contributed by atoms with Crippen molar-refractivity contribution < 1.29 is 9.53 Å². The number of thiazole rings is 1. The molecule has 0 spiro atoms. The number of carbonyl (C=O) groups excluding carboxylic acids is 1. The number of aryl methyl sites for hydroxylation is 1. The normalized spacial score (nSPS) is 21.9. The lowest BCUT2D eigenvalue weighted by Gasteiger charge is -2.42. The van der Waals surface area contributed by atoms with Gasteiger partial charge in [0.25, 0.3) is 0 Å². The predicted octanol–water partition coefficient (Wildman–Crippen LogP) is 0.856. The molecule has 3 rings (SSSR count). The van der Waals surface area contributed by atoms with E-state index in [0.29, 0.717) is 19.8 Å². The number of hydrogen-bond donors (Lipinski definition) is 1. The van der Waals surface area contributed by atoms with Crippen LogP contribution in [0.5, 0.6) is 0 Å². The van der Waals surface area contributed by atoms with Crippen LogP contribution in [0.1, 0.15) is 17.7 Å². The molecule has 1 aromatic heterocycles. The fraction of sp³-hybridized carbons (Fsp3) is 0.733. The molecule has 0 aliphatic carbocycles. The Bertz CT molecular complexity index is 519. The van der Waals surface area contributed by atoms with E-state index in [2.05, 4.69) is 16.8 Å². The summed E-state index contributed by atoms with van der Waals surface area (Å²) in [6.07, 6.45) is 3.39. The van der Waals surface area contributed by atoms with Crippen LogP contribution in [0.3, 0.4) is 0 Å². The molecule has 6 nitrogen and oxygen atoms in total. The van der Waals surface area contributed by atoms with Crippen molar-refractivity contribution in [2.75, 3.05) is 50.8 Å². The number of rotatable bonds is 3. The molecule has 2 aliphatic heterocycles. The predicted molar refractivity (Wildman–Crippen MR) is 87.2 cm³/mol. The Hall–Kier alpha value is -1.18. The Balaban J connectivity index is 1.61. The van der Waals surface area contributed by atoms with Gasteiger partial charge in [0.1, 0.15) is 0 Å². The van der Waals surface area contributed by atoms with Crippen LogP contribution >= 0.6 is 11.3 Å². The lowest BCUT2D eigenvalue weighted by molar-refractivity contribution is -0.147. The van der Waals surface area contributed by atoms with E-state index >= 15 is 0 Å². The number of aromatic nitrogens is 1. The van der Waals surface area contributed by atoms with E-state index in [9.17, 15) is 4.79 Å². The molecule has 2 N–H and O–H groups in total. The Morgan fingerprint density at radius 2 is 2.05 bits per heavy atom. The second-order valence-electron chi connectivity index (χ2n) is 6.13. The summed E-state index contributed by atoms with van der Waals surface area (Å²) in [4.78, 5) is 22.8. The Kier molecular flexibility index (Phi) is 4.65. The zero-order valence-electron chi connectivity index (χ0n) is 13.1. The number of amides is 1. The molecule has 0 unspecified atom stereocenters. The maximum absolute atomic E-state index is 12.9. The van der Waals surface area contributed by atoms with Gasteiger partial charge in [-0.15, -0.1) is 11.3 Å². The zero-order chi connectivity index (χ0) is 15.6. The van der Waals surface area contributed by atoms with Gasteiger partial charge in [-0.2, -0.15) is 0 Å². The average Bonchev–Trinajstić information content (AvgIpc) is 3.01. The molecule has 2 saturated heterocycles. The molecule has 1 aromatic rings. The van der Waals surface area contributed by atoms with Crippen LogP contribution in [0.4, 0.5) is 5.13 Å². The maximum Gasteiger partial charge on any atom is 0.230 e. The quantitative estimate of drug-likeness (QED) is 0.893. The van der Waals surface area contributed by atoms with Gasteiger partial charge >= 0.3 is 0 Å². The molecule has 0 aromatic carbocycles. The molecular formula is C15H24N4O2S. The van der Waals surface area contributed by atoms with Crippen molar-refractivity contribution in [1.82, 2.24) is 9.88 Å². The van der Waals surface area contributed by atoms with E-state index in [-0.39, 0.29) is 5.91 Å². The summed E-state index contributed by atoms with van der Waals surface area (Å²) in [5.41, 5.74) is 5.54. The van der Waals surface area contributed by atoms with Crippen molar-refractivity contribution in [2.45, 2.75) is 19.8 Å². The molecule has 1 amide bonds. The first-order chi connectivity index (χ1) is 10.6.